The molecule has 2 heteroatoms. The number of phenols is 1. The van der Waals surface area contributed by atoms with E-state index in [4.69, 9.17) is 0 Å². The van der Waals surface area contributed by atoms with Gasteiger partial charge in [-0.2, -0.15) is 0 Å². The summed E-state index contributed by atoms with van der Waals surface area (Å²) in [5, 5.41) is 9.93. The van der Waals surface area contributed by atoms with E-state index in [0.717, 1.165) is 25.2 Å². The second-order valence-electron chi connectivity index (χ2n) is 4.76. The van der Waals surface area contributed by atoms with Gasteiger partial charge < -0.3 is 10.0 Å². The highest BCUT2D eigenvalue weighted by molar-refractivity contribution is 5.42. The van der Waals surface area contributed by atoms with Gasteiger partial charge in [-0.25, -0.2) is 0 Å². The molecule has 0 saturated heterocycles. The van der Waals surface area contributed by atoms with E-state index in [1.807, 2.05) is 12.1 Å². The third kappa shape index (κ3) is 2.07. The topological polar surface area (TPSA) is 23.5 Å². The minimum atomic E-state index is 0.233. The van der Waals surface area contributed by atoms with Crippen LogP contribution in [0, 0.1) is 0 Å². The average Bonchev–Trinajstić information content (AvgIpc) is 3.07. The van der Waals surface area contributed by atoms with E-state index < -0.39 is 0 Å². The van der Waals surface area contributed by atoms with Gasteiger partial charge in [-0.1, -0.05) is 32.0 Å². The highest BCUT2D eigenvalue weighted by Crippen LogP contribution is 2.51. The quantitative estimate of drug-likeness (QED) is 0.823. The lowest BCUT2D eigenvalue weighted by molar-refractivity contribution is 0.272. The minimum Gasteiger partial charge on any atom is -0.508 e. The highest BCUT2D eigenvalue weighted by atomic mass is 16.3. The molecule has 1 aromatic carbocycles. The molecular formula is C14H21NO. The smallest absolute Gasteiger partial charge is 0.119 e. The number of hydrogen-bond donors (Lipinski definition) is 1. The predicted molar refractivity (Wildman–Crippen MR) is 66.8 cm³/mol. The number of phenolic OH excluding ortho intramolecular Hbond substituents is 1. The Balaban J connectivity index is 2.17. The third-order valence-corrected chi connectivity index (χ3v) is 3.75. The monoisotopic (exact) mass is 219 g/mol. The molecule has 2 rings (SSSR count). The second-order valence-corrected chi connectivity index (χ2v) is 4.76. The zero-order valence-corrected chi connectivity index (χ0v) is 10.2. The summed E-state index contributed by atoms with van der Waals surface area (Å²) in [7, 11) is 0. The molecule has 0 amide bonds. The van der Waals surface area contributed by atoms with Gasteiger partial charge in [0.2, 0.25) is 0 Å². The Bertz CT molecular complexity index is 354. The number of likely N-dealkylation sites (N-methyl/N-ethyl adjacent to an activating group) is 1. The van der Waals surface area contributed by atoms with Crippen LogP contribution in [0.3, 0.4) is 0 Å². The molecule has 1 fully saturated rings. The van der Waals surface area contributed by atoms with Crippen molar-refractivity contribution in [2.24, 2.45) is 0 Å². The Morgan fingerprint density at radius 1 is 1.19 bits per heavy atom. The lowest BCUT2D eigenvalue weighted by Gasteiger charge is -2.25. The summed E-state index contributed by atoms with van der Waals surface area (Å²) in [4.78, 5) is 2.44. The molecule has 0 aromatic heterocycles. The number of rotatable bonds is 5. The molecule has 1 aliphatic rings. The van der Waals surface area contributed by atoms with Crippen LogP contribution >= 0.6 is 0 Å². The normalized spacial score (nSPS) is 17.7. The molecule has 0 heterocycles. The van der Waals surface area contributed by atoms with Crippen molar-refractivity contribution in [2.45, 2.75) is 32.1 Å². The molecule has 1 aromatic rings. The molecule has 2 nitrogen and oxygen atoms in total. The Labute approximate surface area is 97.9 Å². The predicted octanol–water partition coefficient (Wildman–Crippen LogP) is 2.77. The third-order valence-electron chi connectivity index (χ3n) is 3.75. The fourth-order valence-electron chi connectivity index (χ4n) is 2.46. The van der Waals surface area contributed by atoms with Gasteiger partial charge in [0, 0.05) is 17.5 Å². The van der Waals surface area contributed by atoms with Gasteiger partial charge in [0.15, 0.2) is 0 Å². The van der Waals surface area contributed by atoms with Gasteiger partial charge in [0.25, 0.3) is 0 Å². The summed E-state index contributed by atoms with van der Waals surface area (Å²) in [6, 6.07) is 7.80. The van der Waals surface area contributed by atoms with Crippen LogP contribution in [-0.4, -0.2) is 29.6 Å². The van der Waals surface area contributed by atoms with E-state index in [1.165, 1.54) is 12.8 Å². The maximum absolute atomic E-state index is 9.93. The number of aromatic hydroxyl groups is 1. The van der Waals surface area contributed by atoms with Crippen molar-refractivity contribution in [3.63, 3.8) is 0 Å². The van der Waals surface area contributed by atoms with E-state index in [9.17, 15) is 5.11 Å². The van der Waals surface area contributed by atoms with Crippen LogP contribution in [0.15, 0.2) is 24.3 Å². The van der Waals surface area contributed by atoms with Gasteiger partial charge in [-0.15, -0.1) is 0 Å². The maximum Gasteiger partial charge on any atom is 0.119 e. The van der Waals surface area contributed by atoms with Crippen LogP contribution in [0.2, 0.25) is 0 Å². The van der Waals surface area contributed by atoms with Crippen LogP contribution in [0.25, 0.3) is 0 Å². The number of hydrogen-bond acceptors (Lipinski definition) is 2. The summed E-state index contributed by atoms with van der Waals surface area (Å²) in [5.41, 5.74) is 1.37. The summed E-state index contributed by atoms with van der Waals surface area (Å²) in [5.74, 6) is 0.465. The van der Waals surface area contributed by atoms with Crippen LogP contribution in [-0.2, 0) is 5.41 Å². The zero-order valence-electron chi connectivity index (χ0n) is 10.2. The first-order chi connectivity index (χ1) is 7.72. The van der Waals surface area contributed by atoms with Crippen LogP contribution in [0.5, 0.6) is 5.75 Å². The number of para-hydroxylation sites is 1. The molecule has 0 atom stereocenters. The Morgan fingerprint density at radius 3 is 2.31 bits per heavy atom. The molecule has 0 aliphatic heterocycles. The molecule has 1 N–H and O–H groups in total. The van der Waals surface area contributed by atoms with Crippen molar-refractivity contribution in [2.75, 3.05) is 19.6 Å². The van der Waals surface area contributed by atoms with Crippen LogP contribution in [0.1, 0.15) is 32.3 Å². The molecule has 88 valence electrons. The van der Waals surface area contributed by atoms with Crippen molar-refractivity contribution >= 4 is 0 Å². The van der Waals surface area contributed by atoms with Crippen molar-refractivity contribution < 1.29 is 5.11 Å². The fraction of sp³-hybridized carbons (Fsp3) is 0.571. The molecule has 1 aliphatic carbocycles. The lowest BCUT2D eigenvalue weighted by atomic mass is 9.94. The van der Waals surface area contributed by atoms with E-state index in [-0.39, 0.29) is 5.41 Å². The molecule has 0 radical (unpaired) electrons. The fourth-order valence-corrected chi connectivity index (χ4v) is 2.46. The zero-order chi connectivity index (χ0) is 11.6. The van der Waals surface area contributed by atoms with Gasteiger partial charge in [0.1, 0.15) is 5.75 Å². The van der Waals surface area contributed by atoms with E-state index in [0.29, 0.717) is 5.75 Å². The summed E-state index contributed by atoms with van der Waals surface area (Å²) in [6.45, 7) is 7.66. The first-order valence-electron chi connectivity index (χ1n) is 6.22. The molecule has 16 heavy (non-hydrogen) atoms. The van der Waals surface area contributed by atoms with Crippen molar-refractivity contribution in [3.05, 3.63) is 29.8 Å². The largest absolute Gasteiger partial charge is 0.508 e. The van der Waals surface area contributed by atoms with Crippen molar-refractivity contribution in [3.8, 4) is 5.75 Å². The number of nitrogens with zero attached hydrogens (tertiary/aromatic N) is 1. The highest BCUT2D eigenvalue weighted by Gasteiger charge is 2.46. The summed E-state index contributed by atoms with van der Waals surface area (Å²) < 4.78 is 0. The van der Waals surface area contributed by atoms with E-state index in [1.54, 1.807) is 6.07 Å². The second kappa shape index (κ2) is 4.46. The Morgan fingerprint density at radius 2 is 1.81 bits per heavy atom. The van der Waals surface area contributed by atoms with Crippen molar-refractivity contribution in [1.29, 1.82) is 0 Å². The van der Waals surface area contributed by atoms with E-state index in [2.05, 4.69) is 24.8 Å². The average molecular weight is 219 g/mol. The molecule has 0 spiro atoms. The van der Waals surface area contributed by atoms with E-state index >= 15 is 0 Å². The van der Waals surface area contributed by atoms with Crippen molar-refractivity contribution in [1.82, 2.24) is 4.90 Å². The molecule has 0 bridgehead atoms. The summed E-state index contributed by atoms with van der Waals surface area (Å²) >= 11 is 0. The molecule has 0 unspecified atom stereocenters. The number of benzene rings is 1. The first-order valence-corrected chi connectivity index (χ1v) is 6.22. The molecular weight excluding hydrogens is 198 g/mol. The lowest BCUT2D eigenvalue weighted by Crippen LogP contribution is -2.32. The minimum absolute atomic E-state index is 0.233. The summed E-state index contributed by atoms with van der Waals surface area (Å²) in [6.07, 6.45) is 2.42. The van der Waals surface area contributed by atoms with Crippen LogP contribution < -0.4 is 0 Å². The first kappa shape index (κ1) is 11.5. The van der Waals surface area contributed by atoms with Crippen LogP contribution in [0.4, 0.5) is 0 Å². The molecule has 1 saturated carbocycles. The SMILES string of the molecule is CCN(CC)CC1(c2ccccc2O)CC1. The Kier molecular flexibility index (Phi) is 3.20. The van der Waals surface area contributed by atoms with Gasteiger partial charge in [-0.05, 0) is 32.0 Å². The van der Waals surface area contributed by atoms with Gasteiger partial charge >= 0.3 is 0 Å². The van der Waals surface area contributed by atoms with Gasteiger partial charge in [0.05, 0.1) is 0 Å². The maximum atomic E-state index is 9.93. The standard InChI is InChI=1S/C14H21NO/c1-3-15(4-2)11-14(9-10-14)12-7-5-6-8-13(12)16/h5-8,16H,3-4,9-11H2,1-2H3. The van der Waals surface area contributed by atoms with Gasteiger partial charge in [-0.3, -0.25) is 0 Å². The Hall–Kier alpha value is -1.02.